The molecule has 0 aliphatic heterocycles. The standard InChI is InChI=1S/C15H12N4OS/c1-9-10(2)21-13-12(9)14(20)19-15(17-13)18(8-16-19)11-6-4-3-5-7-11/h3-8H,1-2H3. The molecule has 3 aromatic heterocycles. The predicted octanol–water partition coefficient (Wildman–Crippen LogP) is 2.71. The Kier molecular flexibility index (Phi) is 2.49. The van der Waals surface area contributed by atoms with Crippen LogP contribution in [0.15, 0.2) is 41.5 Å². The van der Waals surface area contributed by atoms with Gasteiger partial charge in [-0.1, -0.05) is 18.2 Å². The zero-order chi connectivity index (χ0) is 14.6. The third-order valence-electron chi connectivity index (χ3n) is 3.70. The van der Waals surface area contributed by atoms with Crippen molar-refractivity contribution in [1.29, 1.82) is 0 Å². The molecule has 4 rings (SSSR count). The molecule has 3 heterocycles. The Morgan fingerprint density at radius 1 is 1.14 bits per heavy atom. The van der Waals surface area contributed by atoms with Gasteiger partial charge in [0.25, 0.3) is 5.56 Å². The summed E-state index contributed by atoms with van der Waals surface area (Å²) in [5.41, 5.74) is 1.83. The van der Waals surface area contributed by atoms with Crippen molar-refractivity contribution < 1.29 is 0 Å². The van der Waals surface area contributed by atoms with Crippen LogP contribution in [0.5, 0.6) is 0 Å². The summed E-state index contributed by atoms with van der Waals surface area (Å²) in [6.45, 7) is 3.97. The average Bonchev–Trinajstić information content (AvgIpc) is 3.03. The van der Waals surface area contributed by atoms with Crippen LogP contribution >= 0.6 is 11.3 Å². The first-order chi connectivity index (χ1) is 10.2. The number of nitrogens with zero attached hydrogens (tertiary/aromatic N) is 4. The molecule has 5 nitrogen and oxygen atoms in total. The molecule has 0 atom stereocenters. The van der Waals surface area contributed by atoms with Crippen LogP contribution in [0.1, 0.15) is 10.4 Å². The van der Waals surface area contributed by atoms with Crippen molar-refractivity contribution in [2.75, 3.05) is 0 Å². The zero-order valence-corrected chi connectivity index (χ0v) is 12.4. The van der Waals surface area contributed by atoms with Gasteiger partial charge >= 0.3 is 0 Å². The fourth-order valence-electron chi connectivity index (χ4n) is 2.46. The molecular weight excluding hydrogens is 284 g/mol. The van der Waals surface area contributed by atoms with Gasteiger partial charge in [-0.25, -0.2) is 4.98 Å². The van der Waals surface area contributed by atoms with Crippen LogP contribution < -0.4 is 5.56 Å². The van der Waals surface area contributed by atoms with Crippen molar-refractivity contribution >= 4 is 27.3 Å². The second kappa shape index (κ2) is 4.26. The quantitative estimate of drug-likeness (QED) is 0.542. The van der Waals surface area contributed by atoms with E-state index in [4.69, 9.17) is 0 Å². The van der Waals surface area contributed by atoms with Gasteiger partial charge in [0, 0.05) is 4.88 Å². The molecule has 0 saturated heterocycles. The first-order valence-electron chi connectivity index (χ1n) is 6.58. The Morgan fingerprint density at radius 2 is 1.90 bits per heavy atom. The SMILES string of the molecule is Cc1sc2nc3n(-c4ccccc4)cnn3c(=O)c2c1C. The minimum absolute atomic E-state index is 0.105. The number of fused-ring (bicyclic) bond motifs is 2. The van der Waals surface area contributed by atoms with E-state index >= 15 is 0 Å². The number of benzene rings is 1. The molecule has 0 amide bonds. The number of thiophene rings is 1. The Hall–Kier alpha value is -2.47. The molecule has 0 fully saturated rings. The van der Waals surface area contributed by atoms with Crippen LogP contribution in [-0.4, -0.2) is 19.2 Å². The monoisotopic (exact) mass is 296 g/mol. The van der Waals surface area contributed by atoms with Crippen LogP contribution in [0.25, 0.3) is 21.7 Å². The van der Waals surface area contributed by atoms with Gasteiger partial charge in [0.05, 0.1) is 11.1 Å². The molecule has 104 valence electrons. The van der Waals surface area contributed by atoms with E-state index < -0.39 is 0 Å². The predicted molar refractivity (Wildman–Crippen MR) is 83.4 cm³/mol. The summed E-state index contributed by atoms with van der Waals surface area (Å²) in [7, 11) is 0. The summed E-state index contributed by atoms with van der Waals surface area (Å²) in [6, 6.07) is 9.77. The van der Waals surface area contributed by atoms with Crippen LogP contribution in [-0.2, 0) is 0 Å². The Balaban J connectivity index is 2.14. The van der Waals surface area contributed by atoms with E-state index in [-0.39, 0.29) is 5.56 Å². The lowest BCUT2D eigenvalue weighted by atomic mass is 10.2. The van der Waals surface area contributed by atoms with Crippen LogP contribution in [0.2, 0.25) is 0 Å². The van der Waals surface area contributed by atoms with Crippen molar-refractivity contribution in [3.05, 3.63) is 57.5 Å². The lowest BCUT2D eigenvalue weighted by molar-refractivity contribution is 0.915. The Morgan fingerprint density at radius 3 is 2.67 bits per heavy atom. The van der Waals surface area contributed by atoms with Gasteiger partial charge in [0.15, 0.2) is 0 Å². The molecule has 6 heteroatoms. The molecular formula is C15H12N4OS. The summed E-state index contributed by atoms with van der Waals surface area (Å²) < 4.78 is 3.19. The topological polar surface area (TPSA) is 52.2 Å². The first-order valence-corrected chi connectivity index (χ1v) is 7.40. The fourth-order valence-corrected chi connectivity index (χ4v) is 3.48. The van der Waals surface area contributed by atoms with Crippen molar-refractivity contribution in [2.24, 2.45) is 0 Å². The van der Waals surface area contributed by atoms with Crippen LogP contribution in [0, 0.1) is 13.8 Å². The summed E-state index contributed by atoms with van der Waals surface area (Å²) >= 11 is 1.55. The van der Waals surface area contributed by atoms with E-state index in [1.54, 1.807) is 17.7 Å². The summed E-state index contributed by atoms with van der Waals surface area (Å²) in [5, 5.41) is 4.88. The maximum atomic E-state index is 12.6. The largest absolute Gasteiger partial charge is 0.284 e. The second-order valence-electron chi connectivity index (χ2n) is 4.93. The van der Waals surface area contributed by atoms with Gasteiger partial charge in [-0.3, -0.25) is 9.36 Å². The van der Waals surface area contributed by atoms with Crippen molar-refractivity contribution in [3.8, 4) is 5.69 Å². The number of para-hydroxylation sites is 1. The molecule has 21 heavy (non-hydrogen) atoms. The summed E-state index contributed by atoms with van der Waals surface area (Å²) in [5.74, 6) is 0.542. The second-order valence-corrected chi connectivity index (χ2v) is 6.13. The third-order valence-corrected chi connectivity index (χ3v) is 4.80. The molecule has 0 spiro atoms. The minimum atomic E-state index is -0.105. The molecule has 0 saturated carbocycles. The van der Waals surface area contributed by atoms with Gasteiger partial charge < -0.3 is 0 Å². The van der Waals surface area contributed by atoms with E-state index in [0.717, 1.165) is 21.0 Å². The normalized spacial score (nSPS) is 11.5. The lowest BCUT2D eigenvalue weighted by Gasteiger charge is -2.02. The molecule has 4 aromatic rings. The molecule has 0 radical (unpaired) electrons. The van der Waals surface area contributed by atoms with E-state index in [1.165, 1.54) is 4.52 Å². The van der Waals surface area contributed by atoms with Crippen molar-refractivity contribution in [3.63, 3.8) is 0 Å². The number of hydrogen-bond acceptors (Lipinski definition) is 4. The summed E-state index contributed by atoms with van der Waals surface area (Å²) in [6.07, 6.45) is 1.63. The van der Waals surface area contributed by atoms with Gasteiger partial charge in [-0.05, 0) is 31.5 Å². The molecule has 0 N–H and O–H groups in total. The van der Waals surface area contributed by atoms with E-state index in [1.807, 2.05) is 48.7 Å². The van der Waals surface area contributed by atoms with Crippen LogP contribution in [0.3, 0.4) is 0 Å². The highest BCUT2D eigenvalue weighted by atomic mass is 32.1. The van der Waals surface area contributed by atoms with E-state index in [9.17, 15) is 4.79 Å². The van der Waals surface area contributed by atoms with Crippen molar-refractivity contribution in [1.82, 2.24) is 19.2 Å². The van der Waals surface area contributed by atoms with E-state index in [2.05, 4.69) is 10.1 Å². The van der Waals surface area contributed by atoms with Gasteiger partial charge in [-0.2, -0.15) is 9.61 Å². The molecule has 0 unspecified atom stereocenters. The maximum Gasteiger partial charge on any atom is 0.284 e. The maximum absolute atomic E-state index is 12.6. The fraction of sp³-hybridized carbons (Fsp3) is 0.133. The van der Waals surface area contributed by atoms with Gasteiger partial charge in [-0.15, -0.1) is 11.3 Å². The average molecular weight is 296 g/mol. The van der Waals surface area contributed by atoms with Gasteiger partial charge in [0.1, 0.15) is 11.2 Å². The highest BCUT2D eigenvalue weighted by Crippen LogP contribution is 2.26. The van der Waals surface area contributed by atoms with E-state index in [0.29, 0.717) is 11.2 Å². The minimum Gasteiger partial charge on any atom is -0.267 e. The Bertz CT molecular complexity index is 1030. The highest BCUT2D eigenvalue weighted by Gasteiger charge is 2.16. The molecule has 1 aromatic carbocycles. The molecule has 0 bridgehead atoms. The smallest absolute Gasteiger partial charge is 0.267 e. The number of aryl methyl sites for hydroxylation is 2. The first kappa shape index (κ1) is 12.3. The molecule has 0 aliphatic rings. The number of rotatable bonds is 1. The van der Waals surface area contributed by atoms with Gasteiger partial charge in [0.2, 0.25) is 5.78 Å². The number of hydrogen-bond donors (Lipinski definition) is 0. The third kappa shape index (κ3) is 1.66. The zero-order valence-electron chi connectivity index (χ0n) is 11.6. The van der Waals surface area contributed by atoms with Crippen molar-refractivity contribution in [2.45, 2.75) is 13.8 Å². The lowest BCUT2D eigenvalue weighted by Crippen LogP contribution is -2.16. The summed E-state index contributed by atoms with van der Waals surface area (Å²) in [4.78, 5) is 19.1. The molecule has 0 aliphatic carbocycles. The number of aromatic nitrogens is 4. The van der Waals surface area contributed by atoms with Crippen LogP contribution in [0.4, 0.5) is 0 Å². The highest BCUT2D eigenvalue weighted by molar-refractivity contribution is 7.18. The Labute approximate surface area is 124 Å².